The fraction of sp³-hybridized carbons (Fsp3) is 0.684. The van der Waals surface area contributed by atoms with Gasteiger partial charge in [-0.25, -0.2) is 0 Å². The molecule has 1 aromatic rings. The highest BCUT2D eigenvalue weighted by molar-refractivity contribution is 7.08. The van der Waals surface area contributed by atoms with Crippen LogP contribution in [0.2, 0.25) is 0 Å². The van der Waals surface area contributed by atoms with Gasteiger partial charge in [0, 0.05) is 23.6 Å². The minimum atomic E-state index is -0.735. The summed E-state index contributed by atoms with van der Waals surface area (Å²) in [5, 5.41) is 12.4. The molecule has 0 bridgehead atoms. The normalized spacial score (nSPS) is 15.3. The second-order valence-corrected chi connectivity index (χ2v) is 7.91. The van der Waals surface area contributed by atoms with Crippen molar-refractivity contribution >= 4 is 23.3 Å². The topological polar surface area (TPSA) is 82.1 Å². The van der Waals surface area contributed by atoms with Crippen molar-refractivity contribution in [3.63, 3.8) is 0 Å². The van der Waals surface area contributed by atoms with Crippen LogP contribution in [0, 0.1) is 5.41 Å². The van der Waals surface area contributed by atoms with Crippen LogP contribution in [0.1, 0.15) is 58.3 Å². The molecule has 0 radical (unpaired) electrons. The standard InChI is InChI=1S/C19H28O6S/c1-19(12-23-15-10-26-11-16(15)24-13-19)14-25-18(22)9-7-5-3-2-4-6-8-17(20)21/h10-11H,2-9,12-14H2,1H3,(H,20,21). The molecule has 26 heavy (non-hydrogen) atoms. The van der Waals surface area contributed by atoms with E-state index in [1.54, 1.807) is 0 Å². The zero-order valence-electron chi connectivity index (χ0n) is 15.3. The molecule has 0 saturated heterocycles. The molecule has 1 aromatic heterocycles. The fourth-order valence-corrected chi connectivity index (χ4v) is 3.38. The first-order valence-electron chi connectivity index (χ1n) is 9.18. The Bertz CT molecular complexity index is 560. The maximum Gasteiger partial charge on any atom is 0.305 e. The summed E-state index contributed by atoms with van der Waals surface area (Å²) in [4.78, 5) is 22.3. The quantitative estimate of drug-likeness (QED) is 0.453. The van der Waals surface area contributed by atoms with Crippen LogP contribution >= 0.6 is 11.3 Å². The first-order chi connectivity index (χ1) is 12.5. The summed E-state index contributed by atoms with van der Waals surface area (Å²) in [5.74, 6) is 0.596. The number of carboxylic acid groups (broad SMARTS) is 1. The Hall–Kier alpha value is -1.76. The largest absolute Gasteiger partial charge is 0.488 e. The van der Waals surface area contributed by atoms with Crippen LogP contribution < -0.4 is 9.47 Å². The third-order valence-corrected chi connectivity index (χ3v) is 5.05. The number of hydrogen-bond acceptors (Lipinski definition) is 6. The zero-order chi connectivity index (χ0) is 18.8. The van der Waals surface area contributed by atoms with E-state index in [4.69, 9.17) is 19.3 Å². The van der Waals surface area contributed by atoms with Crippen molar-refractivity contribution in [2.45, 2.75) is 58.3 Å². The maximum atomic E-state index is 11.9. The van der Waals surface area contributed by atoms with E-state index in [2.05, 4.69) is 0 Å². The Morgan fingerprint density at radius 2 is 1.58 bits per heavy atom. The molecule has 2 heterocycles. The fourth-order valence-electron chi connectivity index (χ4n) is 2.69. The van der Waals surface area contributed by atoms with Crippen molar-refractivity contribution in [1.82, 2.24) is 0 Å². The van der Waals surface area contributed by atoms with Gasteiger partial charge in [-0.15, -0.1) is 11.3 Å². The number of rotatable bonds is 11. The smallest absolute Gasteiger partial charge is 0.305 e. The third-order valence-electron chi connectivity index (χ3n) is 4.35. The van der Waals surface area contributed by atoms with Crippen molar-refractivity contribution < 1.29 is 28.9 Å². The summed E-state index contributed by atoms with van der Waals surface area (Å²) in [5.41, 5.74) is -0.351. The Kier molecular flexibility index (Phi) is 8.22. The van der Waals surface area contributed by atoms with Gasteiger partial charge in [0.1, 0.15) is 19.8 Å². The number of ether oxygens (including phenoxy) is 3. The molecule has 0 spiro atoms. The van der Waals surface area contributed by atoms with E-state index in [0.29, 0.717) is 19.6 Å². The van der Waals surface area contributed by atoms with Crippen LogP contribution in [0.4, 0.5) is 0 Å². The van der Waals surface area contributed by atoms with Gasteiger partial charge in [-0.05, 0) is 19.8 Å². The molecule has 0 atom stereocenters. The van der Waals surface area contributed by atoms with Crippen LogP contribution in [0.15, 0.2) is 10.8 Å². The van der Waals surface area contributed by atoms with Crippen molar-refractivity contribution in [2.24, 2.45) is 5.41 Å². The van der Waals surface area contributed by atoms with Crippen LogP contribution in [0.25, 0.3) is 0 Å². The first-order valence-corrected chi connectivity index (χ1v) is 10.1. The molecule has 2 rings (SSSR count). The van der Waals surface area contributed by atoms with Crippen LogP contribution in [-0.2, 0) is 14.3 Å². The lowest BCUT2D eigenvalue weighted by atomic mass is 9.94. The Labute approximate surface area is 158 Å². The Balaban J connectivity index is 1.53. The van der Waals surface area contributed by atoms with E-state index in [1.165, 1.54) is 11.3 Å². The molecule has 7 heteroatoms. The number of carbonyl (C=O) groups excluding carboxylic acids is 1. The van der Waals surface area contributed by atoms with Crippen molar-refractivity contribution in [2.75, 3.05) is 19.8 Å². The van der Waals surface area contributed by atoms with Crippen molar-refractivity contribution in [3.8, 4) is 11.5 Å². The molecule has 0 fully saturated rings. The lowest BCUT2D eigenvalue weighted by Crippen LogP contribution is -2.36. The Morgan fingerprint density at radius 3 is 2.15 bits per heavy atom. The molecular formula is C19H28O6S. The van der Waals surface area contributed by atoms with E-state index < -0.39 is 5.97 Å². The zero-order valence-corrected chi connectivity index (χ0v) is 16.1. The van der Waals surface area contributed by atoms with E-state index >= 15 is 0 Å². The first kappa shape index (κ1) is 20.6. The summed E-state index contributed by atoms with van der Waals surface area (Å²) in [7, 11) is 0. The number of carbonyl (C=O) groups is 2. The van der Waals surface area contributed by atoms with Gasteiger partial charge in [0.05, 0.1) is 5.41 Å². The maximum absolute atomic E-state index is 11.9. The average molecular weight is 384 g/mol. The van der Waals surface area contributed by atoms with Crippen LogP contribution in [0.5, 0.6) is 11.5 Å². The molecule has 1 N–H and O–H groups in total. The number of unbranched alkanes of at least 4 members (excludes halogenated alkanes) is 5. The SMILES string of the molecule is CC1(COC(=O)CCCCCCCCC(=O)O)COc2cscc2OC1. The van der Waals surface area contributed by atoms with E-state index in [-0.39, 0.29) is 24.4 Å². The highest BCUT2D eigenvalue weighted by Gasteiger charge is 2.32. The number of esters is 1. The molecule has 0 amide bonds. The molecule has 0 aliphatic carbocycles. The van der Waals surface area contributed by atoms with E-state index in [0.717, 1.165) is 50.0 Å². The second-order valence-electron chi connectivity index (χ2n) is 7.16. The molecule has 0 saturated carbocycles. The summed E-state index contributed by atoms with van der Waals surface area (Å²) in [6, 6.07) is 0. The van der Waals surface area contributed by atoms with Gasteiger partial charge in [0.25, 0.3) is 0 Å². The average Bonchev–Trinajstić information content (AvgIpc) is 3.00. The van der Waals surface area contributed by atoms with Gasteiger partial charge < -0.3 is 19.3 Å². The molecule has 1 aliphatic rings. The summed E-state index contributed by atoms with van der Waals surface area (Å²) >= 11 is 1.54. The van der Waals surface area contributed by atoms with Crippen LogP contribution in [-0.4, -0.2) is 36.9 Å². The molecular weight excluding hydrogens is 356 g/mol. The molecule has 6 nitrogen and oxygen atoms in total. The van der Waals surface area contributed by atoms with Crippen LogP contribution in [0.3, 0.4) is 0 Å². The Morgan fingerprint density at radius 1 is 1.04 bits per heavy atom. The van der Waals surface area contributed by atoms with E-state index in [9.17, 15) is 9.59 Å². The van der Waals surface area contributed by atoms with Gasteiger partial charge in [-0.3, -0.25) is 9.59 Å². The molecule has 146 valence electrons. The highest BCUT2D eigenvalue weighted by Crippen LogP contribution is 2.36. The number of thiophene rings is 1. The highest BCUT2D eigenvalue weighted by atomic mass is 32.1. The van der Waals surface area contributed by atoms with Gasteiger partial charge in [-0.2, -0.15) is 0 Å². The number of carboxylic acids is 1. The van der Waals surface area contributed by atoms with Gasteiger partial charge in [0.2, 0.25) is 0 Å². The predicted octanol–water partition coefficient (Wildman–Crippen LogP) is 4.27. The minimum Gasteiger partial charge on any atom is -0.488 e. The van der Waals surface area contributed by atoms with Gasteiger partial charge >= 0.3 is 11.9 Å². The van der Waals surface area contributed by atoms with E-state index in [1.807, 2.05) is 17.7 Å². The number of aliphatic carboxylic acids is 1. The third kappa shape index (κ3) is 7.23. The number of hydrogen-bond donors (Lipinski definition) is 1. The minimum absolute atomic E-state index is 0.185. The molecule has 1 aliphatic heterocycles. The lowest BCUT2D eigenvalue weighted by Gasteiger charge is -2.25. The van der Waals surface area contributed by atoms with Crippen molar-refractivity contribution in [1.29, 1.82) is 0 Å². The predicted molar refractivity (Wildman–Crippen MR) is 98.9 cm³/mol. The summed E-state index contributed by atoms with van der Waals surface area (Å²) < 4.78 is 16.9. The lowest BCUT2D eigenvalue weighted by molar-refractivity contribution is -0.148. The molecule has 0 aromatic carbocycles. The van der Waals surface area contributed by atoms with Gasteiger partial charge in [0.15, 0.2) is 11.5 Å². The molecule has 0 unspecified atom stereocenters. The van der Waals surface area contributed by atoms with Crippen molar-refractivity contribution in [3.05, 3.63) is 10.8 Å². The summed E-state index contributed by atoms with van der Waals surface area (Å²) in [6.45, 7) is 3.20. The number of fused-ring (bicyclic) bond motifs is 1. The second kappa shape index (κ2) is 10.4. The monoisotopic (exact) mass is 384 g/mol. The summed E-state index contributed by atoms with van der Waals surface area (Å²) in [6.07, 6.45) is 6.12. The van der Waals surface area contributed by atoms with Gasteiger partial charge in [-0.1, -0.05) is 25.7 Å².